The molecule has 5 nitrogen and oxygen atoms in total. The highest BCUT2D eigenvalue weighted by Gasteiger charge is 2.27. The van der Waals surface area contributed by atoms with Gasteiger partial charge in [0.25, 0.3) is 11.8 Å². The van der Waals surface area contributed by atoms with Gasteiger partial charge in [-0.3, -0.25) is 9.59 Å². The summed E-state index contributed by atoms with van der Waals surface area (Å²) >= 11 is 1.31. The molecule has 1 aliphatic heterocycles. The first-order valence-corrected chi connectivity index (χ1v) is 11.1. The minimum Gasteiger partial charge on any atom is -0.399 e. The van der Waals surface area contributed by atoms with E-state index < -0.39 is 11.7 Å². The lowest BCUT2D eigenvalue weighted by Gasteiger charge is -2.23. The smallest absolute Gasteiger partial charge is 0.265 e. The molecule has 0 atom stereocenters. The van der Waals surface area contributed by atoms with Crippen molar-refractivity contribution in [3.05, 3.63) is 107 Å². The first kappa shape index (κ1) is 22.2. The van der Waals surface area contributed by atoms with Crippen LogP contribution in [0.4, 0.5) is 15.8 Å². The lowest BCUT2D eigenvalue weighted by atomic mass is 10.1. The van der Waals surface area contributed by atoms with Gasteiger partial charge >= 0.3 is 0 Å². The Morgan fingerprint density at radius 2 is 1.88 bits per heavy atom. The Bertz CT molecular complexity index is 1290. The predicted octanol–water partition coefficient (Wildman–Crippen LogP) is 5.48. The van der Waals surface area contributed by atoms with Gasteiger partial charge in [-0.15, -0.1) is 11.3 Å². The summed E-state index contributed by atoms with van der Waals surface area (Å²) in [4.78, 5) is 29.2. The molecular formula is C26H22FN3O2S. The predicted molar refractivity (Wildman–Crippen MR) is 132 cm³/mol. The zero-order valence-corrected chi connectivity index (χ0v) is 18.6. The van der Waals surface area contributed by atoms with Crippen molar-refractivity contribution in [1.82, 2.24) is 5.32 Å². The lowest BCUT2D eigenvalue weighted by molar-refractivity contribution is 0.0966. The molecule has 166 valence electrons. The number of nitrogen functional groups attached to an aromatic ring is 1. The van der Waals surface area contributed by atoms with E-state index in [1.54, 1.807) is 35.2 Å². The van der Waals surface area contributed by atoms with Crippen molar-refractivity contribution < 1.29 is 14.0 Å². The first-order chi connectivity index (χ1) is 15.9. The van der Waals surface area contributed by atoms with Gasteiger partial charge in [-0.1, -0.05) is 37.4 Å². The Hall–Kier alpha value is -3.97. The van der Waals surface area contributed by atoms with Gasteiger partial charge in [-0.25, -0.2) is 4.39 Å². The topological polar surface area (TPSA) is 75.4 Å². The highest BCUT2D eigenvalue weighted by atomic mass is 32.1. The summed E-state index contributed by atoms with van der Waals surface area (Å²) in [5.41, 5.74) is 9.48. The average molecular weight is 460 g/mol. The second-order valence-corrected chi connectivity index (χ2v) is 8.54. The zero-order valence-electron chi connectivity index (χ0n) is 17.8. The maximum absolute atomic E-state index is 13.6. The van der Waals surface area contributed by atoms with E-state index >= 15 is 0 Å². The summed E-state index contributed by atoms with van der Waals surface area (Å²) in [6.45, 7) is 7.22. The monoisotopic (exact) mass is 459 g/mol. The van der Waals surface area contributed by atoms with Crippen molar-refractivity contribution in [2.24, 2.45) is 0 Å². The largest absolute Gasteiger partial charge is 0.399 e. The first-order valence-electron chi connectivity index (χ1n) is 10.3. The van der Waals surface area contributed by atoms with Gasteiger partial charge in [0.15, 0.2) is 0 Å². The van der Waals surface area contributed by atoms with Crippen LogP contribution in [0.25, 0.3) is 10.4 Å². The van der Waals surface area contributed by atoms with E-state index in [2.05, 4.69) is 18.5 Å². The van der Waals surface area contributed by atoms with Gasteiger partial charge < -0.3 is 16.0 Å². The molecule has 0 fully saturated rings. The van der Waals surface area contributed by atoms with Crippen LogP contribution in [0.2, 0.25) is 0 Å². The van der Waals surface area contributed by atoms with Crippen molar-refractivity contribution in [3.8, 4) is 10.4 Å². The normalized spacial score (nSPS) is 12.9. The summed E-state index contributed by atoms with van der Waals surface area (Å²) in [7, 11) is 0. The average Bonchev–Trinajstić information content (AvgIpc) is 3.17. The molecule has 0 saturated heterocycles. The third-order valence-electron chi connectivity index (χ3n) is 5.30. The second kappa shape index (κ2) is 9.26. The number of hydrogen-bond acceptors (Lipinski definition) is 4. The number of carbonyl (C=O) groups excluding carboxylic acids is 2. The summed E-state index contributed by atoms with van der Waals surface area (Å²) in [5.74, 6) is -1.29. The van der Waals surface area contributed by atoms with Crippen molar-refractivity contribution >= 4 is 34.5 Å². The number of nitrogens with zero attached hydrogens (tertiary/aromatic N) is 1. The van der Waals surface area contributed by atoms with E-state index in [0.717, 1.165) is 21.7 Å². The fourth-order valence-corrected chi connectivity index (χ4v) is 4.84. The summed E-state index contributed by atoms with van der Waals surface area (Å²) < 4.78 is 13.6. The number of nitrogens with two attached hydrogens (primary N) is 1. The third kappa shape index (κ3) is 4.49. The van der Waals surface area contributed by atoms with Crippen LogP contribution in [0.5, 0.6) is 0 Å². The van der Waals surface area contributed by atoms with Crippen LogP contribution in [0.1, 0.15) is 25.6 Å². The molecule has 0 radical (unpaired) electrons. The van der Waals surface area contributed by atoms with Crippen LogP contribution in [0.3, 0.4) is 0 Å². The SMILES string of the molecule is C=C/C=C(/NC(=O)c1cc2c(s1)-c1ccccc1N(C(=O)c1ccc(N)cc1)CC2)C(=C)F. The standard InChI is InChI=1S/C26H22FN3O2S/c1-3-6-21(16(2)27)29-25(31)23-15-18-13-14-30(26(32)17-9-11-19(28)12-10-17)22-8-5-4-7-20(22)24(18)33-23/h3-12,15H,1-2,13-14,28H2,(H,29,31)/b21-6+. The maximum Gasteiger partial charge on any atom is 0.265 e. The molecule has 3 N–H and O–H groups in total. The van der Waals surface area contributed by atoms with Gasteiger partial charge in [-0.2, -0.15) is 0 Å². The lowest BCUT2D eigenvalue weighted by Crippen LogP contribution is -2.32. The molecule has 2 heterocycles. The molecule has 0 unspecified atom stereocenters. The van der Waals surface area contributed by atoms with Crippen molar-refractivity contribution in [1.29, 1.82) is 0 Å². The van der Waals surface area contributed by atoms with Crippen LogP contribution < -0.4 is 16.0 Å². The number of halogens is 1. The number of anilines is 2. The zero-order chi connectivity index (χ0) is 23.5. The van der Waals surface area contributed by atoms with E-state index in [1.807, 2.05) is 24.3 Å². The molecule has 0 bridgehead atoms. The van der Waals surface area contributed by atoms with Crippen LogP contribution in [0.15, 0.2) is 91.4 Å². The summed E-state index contributed by atoms with van der Waals surface area (Å²) in [6, 6.07) is 16.3. The van der Waals surface area contributed by atoms with E-state index in [1.165, 1.54) is 23.5 Å². The van der Waals surface area contributed by atoms with Crippen molar-refractivity contribution in [3.63, 3.8) is 0 Å². The van der Waals surface area contributed by atoms with Crippen molar-refractivity contribution in [2.45, 2.75) is 6.42 Å². The van der Waals surface area contributed by atoms with Crippen LogP contribution >= 0.6 is 11.3 Å². The molecule has 0 aliphatic carbocycles. The maximum atomic E-state index is 13.6. The minimum atomic E-state index is -0.747. The van der Waals surface area contributed by atoms with Gasteiger partial charge in [0.05, 0.1) is 16.3 Å². The van der Waals surface area contributed by atoms with E-state index in [4.69, 9.17) is 5.73 Å². The Kier molecular flexibility index (Phi) is 6.24. The van der Waals surface area contributed by atoms with E-state index in [9.17, 15) is 14.0 Å². The number of allylic oxidation sites excluding steroid dienone is 3. The summed E-state index contributed by atoms with van der Waals surface area (Å²) in [6.07, 6.45) is 3.31. The van der Waals surface area contributed by atoms with E-state index in [-0.39, 0.29) is 11.6 Å². The quantitative estimate of drug-likeness (QED) is 0.392. The van der Waals surface area contributed by atoms with Gasteiger partial charge in [-0.05, 0) is 54.5 Å². The van der Waals surface area contributed by atoms with Crippen LogP contribution in [-0.4, -0.2) is 18.4 Å². The fourth-order valence-electron chi connectivity index (χ4n) is 3.70. The van der Waals surface area contributed by atoms with E-state index in [0.29, 0.717) is 29.1 Å². The number of rotatable bonds is 5. The Labute approximate surface area is 195 Å². The molecule has 1 aromatic heterocycles. The molecule has 0 saturated carbocycles. The number of nitrogens with one attached hydrogen (secondary N) is 1. The summed E-state index contributed by atoms with van der Waals surface area (Å²) in [5, 5.41) is 2.55. The third-order valence-corrected chi connectivity index (χ3v) is 6.51. The number of fused-ring (bicyclic) bond motifs is 3. The van der Waals surface area contributed by atoms with Crippen LogP contribution in [-0.2, 0) is 6.42 Å². The molecule has 33 heavy (non-hydrogen) atoms. The molecule has 4 rings (SSSR count). The minimum absolute atomic E-state index is 0.0285. The number of carbonyl (C=O) groups is 2. The van der Waals surface area contributed by atoms with Gasteiger partial charge in [0.1, 0.15) is 5.83 Å². The highest BCUT2D eigenvalue weighted by Crippen LogP contribution is 2.41. The Morgan fingerprint density at radius 1 is 1.15 bits per heavy atom. The molecule has 2 aromatic carbocycles. The molecule has 0 spiro atoms. The fraction of sp³-hybridized carbons (Fsp3) is 0.0769. The number of para-hydroxylation sites is 1. The van der Waals surface area contributed by atoms with Crippen LogP contribution in [0, 0.1) is 0 Å². The number of benzene rings is 2. The Balaban J connectivity index is 1.68. The van der Waals surface area contributed by atoms with Crippen molar-refractivity contribution in [2.75, 3.05) is 17.2 Å². The van der Waals surface area contributed by atoms with Gasteiger partial charge in [0.2, 0.25) is 0 Å². The second-order valence-electron chi connectivity index (χ2n) is 7.49. The molecule has 3 aromatic rings. The Morgan fingerprint density at radius 3 is 2.58 bits per heavy atom. The molecule has 7 heteroatoms. The number of hydrogen-bond donors (Lipinski definition) is 2. The molecule has 1 aliphatic rings. The van der Waals surface area contributed by atoms with Gasteiger partial charge in [0, 0.05) is 28.2 Å². The number of thiophene rings is 1. The highest BCUT2D eigenvalue weighted by molar-refractivity contribution is 7.17. The molecular weight excluding hydrogens is 437 g/mol. The number of amides is 2. The molecule has 2 amide bonds.